The third kappa shape index (κ3) is 10.2. The third-order valence-electron chi connectivity index (χ3n) is 3.14. The molecule has 1 aromatic rings. The summed E-state index contributed by atoms with van der Waals surface area (Å²) >= 11 is 0. The van der Waals surface area contributed by atoms with Crippen molar-refractivity contribution in [3.05, 3.63) is 35.4 Å². The normalized spacial score (nSPS) is 11.3. The van der Waals surface area contributed by atoms with Crippen LogP contribution >= 0.6 is 0 Å². The summed E-state index contributed by atoms with van der Waals surface area (Å²) in [5.74, 6) is 0. The van der Waals surface area contributed by atoms with Crippen LogP contribution in [-0.4, -0.2) is 38.0 Å². The second-order valence-corrected chi connectivity index (χ2v) is 6.59. The maximum atomic E-state index is 11.4. The number of benzene rings is 1. The Hall–Kier alpha value is -1.63. The monoisotopic (exact) mass is 337 g/mol. The molecule has 0 saturated carbocycles. The minimum absolute atomic E-state index is 0.409. The first-order valence-corrected chi connectivity index (χ1v) is 8.44. The van der Waals surface area contributed by atoms with Gasteiger partial charge in [0.05, 0.1) is 6.61 Å². The van der Waals surface area contributed by atoms with Crippen LogP contribution in [0.5, 0.6) is 0 Å². The molecule has 0 aliphatic carbocycles. The van der Waals surface area contributed by atoms with Crippen LogP contribution in [0.15, 0.2) is 24.3 Å². The van der Waals surface area contributed by atoms with Crippen LogP contribution in [0.2, 0.25) is 0 Å². The average Bonchev–Trinajstić information content (AvgIpc) is 2.52. The standard InChI is InChI=1S/C18H31N3O3/c1-18(2,3)24-17(22)21-10-12-23-11-4-9-20-14-16-7-5-15(13-19)6-8-16/h5-8,20H,4,9-14,19H2,1-3H3,(H,21,22). The molecule has 0 heterocycles. The van der Waals surface area contributed by atoms with Crippen LogP contribution in [-0.2, 0) is 22.6 Å². The van der Waals surface area contributed by atoms with E-state index in [1.807, 2.05) is 20.8 Å². The van der Waals surface area contributed by atoms with Gasteiger partial charge in [0.25, 0.3) is 0 Å². The van der Waals surface area contributed by atoms with E-state index in [9.17, 15) is 4.79 Å². The van der Waals surface area contributed by atoms with Crippen LogP contribution < -0.4 is 16.4 Å². The number of nitrogens with two attached hydrogens (primary N) is 1. The van der Waals surface area contributed by atoms with Crippen molar-refractivity contribution in [2.45, 2.75) is 45.9 Å². The molecule has 6 nitrogen and oxygen atoms in total. The van der Waals surface area contributed by atoms with Gasteiger partial charge in [-0.3, -0.25) is 0 Å². The van der Waals surface area contributed by atoms with Gasteiger partial charge in [-0.15, -0.1) is 0 Å². The quantitative estimate of drug-likeness (QED) is 0.570. The summed E-state index contributed by atoms with van der Waals surface area (Å²) in [5.41, 5.74) is 7.49. The molecule has 4 N–H and O–H groups in total. The highest BCUT2D eigenvalue weighted by Gasteiger charge is 2.15. The summed E-state index contributed by atoms with van der Waals surface area (Å²) in [5, 5.41) is 6.03. The van der Waals surface area contributed by atoms with Crippen molar-refractivity contribution in [3.63, 3.8) is 0 Å². The molecule has 0 unspecified atom stereocenters. The van der Waals surface area contributed by atoms with Gasteiger partial charge in [0.2, 0.25) is 0 Å². The molecular formula is C18H31N3O3. The zero-order chi connectivity index (χ0) is 17.8. The summed E-state index contributed by atoms with van der Waals surface area (Å²) < 4.78 is 10.6. The Balaban J connectivity index is 1.94. The molecule has 0 fully saturated rings. The van der Waals surface area contributed by atoms with Crippen molar-refractivity contribution in [1.82, 2.24) is 10.6 Å². The van der Waals surface area contributed by atoms with Crippen molar-refractivity contribution in [2.24, 2.45) is 5.73 Å². The molecule has 0 bridgehead atoms. The highest BCUT2D eigenvalue weighted by atomic mass is 16.6. The lowest BCUT2D eigenvalue weighted by Crippen LogP contribution is -2.34. The van der Waals surface area contributed by atoms with Crippen LogP contribution in [0.25, 0.3) is 0 Å². The number of hydrogen-bond acceptors (Lipinski definition) is 5. The first-order valence-electron chi connectivity index (χ1n) is 8.44. The van der Waals surface area contributed by atoms with E-state index in [0.717, 1.165) is 25.1 Å². The zero-order valence-corrected chi connectivity index (χ0v) is 15.1. The van der Waals surface area contributed by atoms with E-state index in [1.165, 1.54) is 5.56 Å². The lowest BCUT2D eigenvalue weighted by molar-refractivity contribution is 0.0499. The molecule has 0 spiro atoms. The molecule has 0 aromatic heterocycles. The Labute approximate surface area is 145 Å². The van der Waals surface area contributed by atoms with Gasteiger partial charge in [-0.2, -0.15) is 0 Å². The number of ether oxygens (including phenoxy) is 2. The number of carbonyl (C=O) groups excluding carboxylic acids is 1. The minimum Gasteiger partial charge on any atom is -0.444 e. The summed E-state index contributed by atoms with van der Waals surface area (Å²) in [6.07, 6.45) is 0.515. The van der Waals surface area contributed by atoms with Crippen LogP contribution in [0.1, 0.15) is 38.3 Å². The minimum atomic E-state index is -0.471. The van der Waals surface area contributed by atoms with Crippen molar-refractivity contribution < 1.29 is 14.3 Å². The summed E-state index contributed by atoms with van der Waals surface area (Å²) in [6.45, 7) is 9.41. The van der Waals surface area contributed by atoms with Gasteiger partial charge in [0.15, 0.2) is 0 Å². The van der Waals surface area contributed by atoms with Crippen LogP contribution in [0.3, 0.4) is 0 Å². The molecule has 0 radical (unpaired) electrons. The van der Waals surface area contributed by atoms with Gasteiger partial charge in [0, 0.05) is 26.2 Å². The zero-order valence-electron chi connectivity index (χ0n) is 15.1. The van der Waals surface area contributed by atoms with Gasteiger partial charge in [-0.25, -0.2) is 4.79 Å². The van der Waals surface area contributed by atoms with E-state index < -0.39 is 11.7 Å². The number of carbonyl (C=O) groups is 1. The fourth-order valence-electron chi connectivity index (χ4n) is 1.97. The smallest absolute Gasteiger partial charge is 0.407 e. The van der Waals surface area contributed by atoms with Crippen molar-refractivity contribution in [2.75, 3.05) is 26.3 Å². The molecule has 6 heteroatoms. The Kier molecular flexibility index (Phi) is 9.37. The van der Waals surface area contributed by atoms with Gasteiger partial charge >= 0.3 is 6.09 Å². The molecule has 136 valence electrons. The van der Waals surface area contributed by atoms with Gasteiger partial charge in [-0.05, 0) is 44.9 Å². The molecule has 0 aliphatic heterocycles. The van der Waals surface area contributed by atoms with Crippen LogP contribution in [0, 0.1) is 0 Å². The molecule has 0 saturated heterocycles. The van der Waals surface area contributed by atoms with E-state index in [-0.39, 0.29) is 0 Å². The van der Waals surface area contributed by atoms with Crippen molar-refractivity contribution in [1.29, 1.82) is 0 Å². The predicted molar refractivity (Wildman–Crippen MR) is 95.7 cm³/mol. The predicted octanol–water partition coefficient (Wildman–Crippen LogP) is 2.17. The summed E-state index contributed by atoms with van der Waals surface area (Å²) in [6, 6.07) is 8.29. The van der Waals surface area contributed by atoms with E-state index in [1.54, 1.807) is 0 Å². The fraction of sp³-hybridized carbons (Fsp3) is 0.611. The van der Waals surface area contributed by atoms with Gasteiger partial charge < -0.3 is 25.8 Å². The first-order chi connectivity index (χ1) is 11.4. The molecule has 1 amide bonds. The Morgan fingerprint density at radius 1 is 1.08 bits per heavy atom. The van der Waals surface area contributed by atoms with Gasteiger partial charge in [0.1, 0.15) is 5.60 Å². The van der Waals surface area contributed by atoms with E-state index in [4.69, 9.17) is 15.2 Å². The van der Waals surface area contributed by atoms with E-state index in [2.05, 4.69) is 34.9 Å². The number of nitrogens with one attached hydrogen (secondary N) is 2. The SMILES string of the molecule is CC(C)(C)OC(=O)NCCOCCCNCc1ccc(CN)cc1. The molecule has 0 aliphatic rings. The maximum Gasteiger partial charge on any atom is 0.407 e. The largest absolute Gasteiger partial charge is 0.444 e. The summed E-state index contributed by atoms with van der Waals surface area (Å²) in [7, 11) is 0. The lowest BCUT2D eigenvalue weighted by atomic mass is 10.1. The fourth-order valence-corrected chi connectivity index (χ4v) is 1.97. The average molecular weight is 337 g/mol. The molecule has 24 heavy (non-hydrogen) atoms. The third-order valence-corrected chi connectivity index (χ3v) is 3.14. The second kappa shape index (κ2) is 11.0. The van der Waals surface area contributed by atoms with E-state index >= 15 is 0 Å². The second-order valence-electron chi connectivity index (χ2n) is 6.59. The van der Waals surface area contributed by atoms with Crippen molar-refractivity contribution >= 4 is 6.09 Å². The number of alkyl carbamates (subject to hydrolysis) is 1. The molecular weight excluding hydrogens is 306 g/mol. The topological polar surface area (TPSA) is 85.6 Å². The molecule has 0 atom stereocenters. The maximum absolute atomic E-state index is 11.4. The molecule has 1 aromatic carbocycles. The van der Waals surface area contributed by atoms with Crippen LogP contribution in [0.4, 0.5) is 4.79 Å². The Morgan fingerprint density at radius 2 is 1.75 bits per heavy atom. The highest BCUT2D eigenvalue weighted by Crippen LogP contribution is 2.06. The van der Waals surface area contributed by atoms with Crippen molar-refractivity contribution in [3.8, 4) is 0 Å². The van der Waals surface area contributed by atoms with Gasteiger partial charge in [-0.1, -0.05) is 24.3 Å². The molecule has 1 rings (SSSR count). The lowest BCUT2D eigenvalue weighted by Gasteiger charge is -2.19. The number of hydrogen-bond donors (Lipinski definition) is 3. The number of amides is 1. The number of rotatable bonds is 10. The Morgan fingerprint density at radius 3 is 2.38 bits per heavy atom. The Bertz CT molecular complexity index is 469. The highest BCUT2D eigenvalue weighted by molar-refractivity contribution is 5.67. The van der Waals surface area contributed by atoms with E-state index in [0.29, 0.717) is 26.3 Å². The summed E-state index contributed by atoms with van der Waals surface area (Å²) in [4.78, 5) is 11.4. The first kappa shape index (κ1) is 20.4.